The second-order valence-electron chi connectivity index (χ2n) is 7.57. The molecule has 0 amide bonds. The predicted molar refractivity (Wildman–Crippen MR) is 127 cm³/mol. The molecule has 0 aliphatic carbocycles. The largest absolute Gasteiger partial charge is 0.490 e. The van der Waals surface area contributed by atoms with Crippen molar-refractivity contribution in [3.63, 3.8) is 0 Å². The van der Waals surface area contributed by atoms with Crippen LogP contribution in [0.15, 0.2) is 48.8 Å². The number of unbranched alkanes of at least 4 members (excludes halogenated alkanes) is 5. The zero-order valence-corrected chi connectivity index (χ0v) is 19.2. The van der Waals surface area contributed by atoms with Crippen molar-refractivity contribution in [1.29, 1.82) is 0 Å². The Bertz CT molecular complexity index is 714. The molecule has 5 heteroatoms. The van der Waals surface area contributed by atoms with Crippen LogP contribution in [0.1, 0.15) is 65.2 Å². The van der Waals surface area contributed by atoms with Gasteiger partial charge in [-0.05, 0) is 49.9 Å². The van der Waals surface area contributed by atoms with Gasteiger partial charge in [-0.15, -0.1) is 0 Å². The second kappa shape index (κ2) is 16.3. The normalized spacial score (nSPS) is 11.2. The van der Waals surface area contributed by atoms with Gasteiger partial charge in [0.25, 0.3) is 0 Å². The summed E-state index contributed by atoms with van der Waals surface area (Å²) < 4.78 is 17.1. The Labute approximate surface area is 187 Å². The molecule has 1 heterocycles. The molecule has 0 aliphatic heterocycles. The Hall–Kier alpha value is -2.40. The van der Waals surface area contributed by atoms with Crippen LogP contribution in [0.5, 0.6) is 11.5 Å². The van der Waals surface area contributed by atoms with Gasteiger partial charge in [0.15, 0.2) is 11.6 Å². The molecule has 0 spiro atoms. The third kappa shape index (κ3) is 11.0. The van der Waals surface area contributed by atoms with Gasteiger partial charge in [-0.25, -0.2) is 9.97 Å². The quantitative estimate of drug-likeness (QED) is 0.210. The average molecular weight is 427 g/mol. The lowest BCUT2D eigenvalue weighted by molar-refractivity contribution is 0.122. The first-order valence-corrected chi connectivity index (χ1v) is 11.7. The van der Waals surface area contributed by atoms with Crippen LogP contribution in [0, 0.1) is 0 Å². The van der Waals surface area contributed by atoms with Crippen LogP contribution in [0.2, 0.25) is 0 Å². The highest BCUT2D eigenvalue weighted by atomic mass is 16.5. The van der Waals surface area contributed by atoms with Gasteiger partial charge in [-0.3, -0.25) is 0 Å². The van der Waals surface area contributed by atoms with E-state index in [0.717, 1.165) is 50.2 Å². The van der Waals surface area contributed by atoms with E-state index in [4.69, 9.17) is 14.2 Å². The molecule has 0 atom stereocenters. The van der Waals surface area contributed by atoms with Crippen LogP contribution in [0.25, 0.3) is 11.4 Å². The second-order valence-corrected chi connectivity index (χ2v) is 7.57. The summed E-state index contributed by atoms with van der Waals surface area (Å²) >= 11 is 0. The van der Waals surface area contributed by atoms with Gasteiger partial charge in [0.1, 0.15) is 12.4 Å². The van der Waals surface area contributed by atoms with Gasteiger partial charge in [0, 0.05) is 18.8 Å². The molecule has 5 nitrogen and oxygen atoms in total. The Morgan fingerprint density at radius 1 is 0.710 bits per heavy atom. The Kier molecular flexibility index (Phi) is 13.1. The van der Waals surface area contributed by atoms with E-state index in [1.165, 1.54) is 25.7 Å². The molecular formula is C26H38N2O3. The van der Waals surface area contributed by atoms with Gasteiger partial charge in [0.05, 0.1) is 19.0 Å². The monoisotopic (exact) mass is 426 g/mol. The van der Waals surface area contributed by atoms with Crippen LogP contribution in [-0.2, 0) is 4.74 Å². The first-order chi connectivity index (χ1) is 15.3. The van der Waals surface area contributed by atoms with Gasteiger partial charge < -0.3 is 14.2 Å². The molecule has 0 unspecified atom stereocenters. The Morgan fingerprint density at radius 3 is 2.13 bits per heavy atom. The van der Waals surface area contributed by atoms with E-state index in [-0.39, 0.29) is 0 Å². The van der Waals surface area contributed by atoms with E-state index in [1.54, 1.807) is 12.4 Å². The van der Waals surface area contributed by atoms with Crippen molar-refractivity contribution in [2.75, 3.05) is 26.4 Å². The third-order valence-corrected chi connectivity index (χ3v) is 4.80. The van der Waals surface area contributed by atoms with Gasteiger partial charge >= 0.3 is 0 Å². The lowest BCUT2D eigenvalue weighted by Gasteiger charge is -2.07. The van der Waals surface area contributed by atoms with Crippen molar-refractivity contribution >= 4 is 0 Å². The summed E-state index contributed by atoms with van der Waals surface area (Å²) in [4.78, 5) is 8.85. The number of benzene rings is 1. The zero-order valence-electron chi connectivity index (χ0n) is 19.2. The molecule has 0 saturated carbocycles. The minimum atomic E-state index is 0.590. The van der Waals surface area contributed by atoms with Crippen molar-refractivity contribution in [1.82, 2.24) is 9.97 Å². The maximum atomic E-state index is 5.74. The molecule has 2 rings (SSSR count). The number of allylic oxidation sites excluding steroid dienone is 1. The first-order valence-electron chi connectivity index (χ1n) is 11.7. The van der Waals surface area contributed by atoms with Crippen molar-refractivity contribution in [3.05, 3.63) is 48.8 Å². The van der Waals surface area contributed by atoms with Crippen molar-refractivity contribution in [2.24, 2.45) is 0 Å². The molecule has 0 aliphatic rings. The summed E-state index contributed by atoms with van der Waals surface area (Å²) in [5, 5.41) is 0. The average Bonchev–Trinajstić information content (AvgIpc) is 2.81. The van der Waals surface area contributed by atoms with E-state index >= 15 is 0 Å². The summed E-state index contributed by atoms with van der Waals surface area (Å²) in [5.74, 6) is 2.22. The molecule has 0 N–H and O–H groups in total. The Morgan fingerprint density at radius 2 is 1.42 bits per heavy atom. The van der Waals surface area contributed by atoms with Crippen LogP contribution in [0.4, 0.5) is 0 Å². The fourth-order valence-corrected chi connectivity index (χ4v) is 2.97. The van der Waals surface area contributed by atoms with E-state index < -0.39 is 0 Å². The van der Waals surface area contributed by atoms with Gasteiger partial charge in [0.2, 0.25) is 0 Å². The van der Waals surface area contributed by atoms with Gasteiger partial charge in [-0.1, -0.05) is 51.7 Å². The first kappa shape index (κ1) is 24.9. The standard InChI is InChI=1S/C26H38N2O3/c1-3-5-7-9-17-29-18-11-12-20-31-25-21-27-26(28-22-25)23-13-15-24(16-14-23)30-19-10-8-6-4-2/h8,10,13-16,21-22H,3-7,9,11-12,17-20H2,1-2H3. The number of hydrogen-bond acceptors (Lipinski definition) is 5. The molecule has 0 saturated heterocycles. The number of rotatable bonds is 17. The number of hydrogen-bond donors (Lipinski definition) is 0. The van der Waals surface area contributed by atoms with E-state index in [0.29, 0.717) is 24.8 Å². The van der Waals surface area contributed by atoms with E-state index in [9.17, 15) is 0 Å². The van der Waals surface area contributed by atoms with E-state index in [1.807, 2.05) is 24.3 Å². The number of ether oxygens (including phenoxy) is 3. The number of aromatic nitrogens is 2. The Balaban J connectivity index is 1.63. The van der Waals surface area contributed by atoms with Crippen LogP contribution in [-0.4, -0.2) is 36.4 Å². The highest BCUT2D eigenvalue weighted by Crippen LogP contribution is 2.20. The summed E-state index contributed by atoms with van der Waals surface area (Å²) in [6.07, 6.45) is 16.9. The van der Waals surface area contributed by atoms with Crippen LogP contribution < -0.4 is 9.47 Å². The third-order valence-electron chi connectivity index (χ3n) is 4.80. The number of nitrogens with zero attached hydrogens (tertiary/aromatic N) is 2. The fraction of sp³-hybridized carbons (Fsp3) is 0.538. The smallest absolute Gasteiger partial charge is 0.159 e. The summed E-state index contributed by atoms with van der Waals surface area (Å²) in [6, 6.07) is 7.84. The lowest BCUT2D eigenvalue weighted by atomic mass is 10.2. The highest BCUT2D eigenvalue weighted by molar-refractivity contribution is 5.56. The molecule has 0 fully saturated rings. The topological polar surface area (TPSA) is 53.5 Å². The molecule has 1 aromatic heterocycles. The molecule has 0 radical (unpaired) electrons. The SMILES string of the molecule is CCCC=CCOc1ccc(-c2ncc(OCCCCOCCCCCC)cn2)cc1. The lowest BCUT2D eigenvalue weighted by Crippen LogP contribution is -2.02. The van der Waals surface area contributed by atoms with Gasteiger partial charge in [-0.2, -0.15) is 0 Å². The molecule has 2 aromatic rings. The minimum Gasteiger partial charge on any atom is -0.490 e. The summed E-state index contributed by atoms with van der Waals surface area (Å²) in [6.45, 7) is 7.31. The minimum absolute atomic E-state index is 0.590. The molecule has 0 bridgehead atoms. The maximum absolute atomic E-state index is 5.74. The van der Waals surface area contributed by atoms with E-state index in [2.05, 4.69) is 36.0 Å². The van der Waals surface area contributed by atoms with Crippen LogP contribution in [0.3, 0.4) is 0 Å². The predicted octanol–water partition coefficient (Wildman–Crippen LogP) is 6.63. The molecule has 31 heavy (non-hydrogen) atoms. The maximum Gasteiger partial charge on any atom is 0.159 e. The highest BCUT2D eigenvalue weighted by Gasteiger charge is 2.03. The molecule has 170 valence electrons. The van der Waals surface area contributed by atoms with Crippen molar-refractivity contribution < 1.29 is 14.2 Å². The molecular weight excluding hydrogens is 388 g/mol. The zero-order chi connectivity index (χ0) is 22.0. The van der Waals surface area contributed by atoms with Crippen LogP contribution >= 0.6 is 0 Å². The summed E-state index contributed by atoms with van der Waals surface area (Å²) in [5.41, 5.74) is 0.955. The van der Waals surface area contributed by atoms with Crippen molar-refractivity contribution in [2.45, 2.75) is 65.2 Å². The van der Waals surface area contributed by atoms with Crippen molar-refractivity contribution in [3.8, 4) is 22.9 Å². The summed E-state index contributed by atoms with van der Waals surface area (Å²) in [7, 11) is 0. The molecule has 1 aromatic carbocycles. The fourth-order valence-electron chi connectivity index (χ4n) is 2.97.